The number of nitrogens with one attached hydrogen (secondary N) is 1. The predicted molar refractivity (Wildman–Crippen MR) is 85.9 cm³/mol. The van der Waals surface area contributed by atoms with Crippen LogP contribution in [0, 0.1) is 11.7 Å². The Morgan fingerprint density at radius 1 is 1.38 bits per heavy atom. The van der Waals surface area contributed by atoms with Crippen LogP contribution >= 0.6 is 15.9 Å². The van der Waals surface area contributed by atoms with Crippen molar-refractivity contribution in [3.8, 4) is 0 Å². The highest BCUT2D eigenvalue weighted by Gasteiger charge is 2.25. The molecule has 1 aliphatic rings. The molecule has 0 aromatic heterocycles. The zero-order valence-corrected chi connectivity index (χ0v) is 14.1. The lowest BCUT2D eigenvalue weighted by atomic mass is 10.0. The van der Waals surface area contributed by atoms with Gasteiger partial charge in [-0.2, -0.15) is 0 Å². The lowest BCUT2D eigenvalue weighted by molar-refractivity contribution is 0.0927. The molecule has 1 heterocycles. The summed E-state index contributed by atoms with van der Waals surface area (Å²) >= 11 is 3.11. The van der Waals surface area contributed by atoms with E-state index in [4.69, 9.17) is 0 Å². The molecular weight excluding hydrogens is 335 g/mol. The third-order valence-corrected chi connectivity index (χ3v) is 4.64. The Morgan fingerprint density at radius 3 is 2.62 bits per heavy atom. The maximum Gasteiger partial charge on any atom is 0.251 e. The third kappa shape index (κ3) is 4.27. The number of hydrogen-bond donors (Lipinski definition) is 1. The first-order valence-corrected chi connectivity index (χ1v) is 8.25. The topological polar surface area (TPSA) is 32.3 Å². The van der Waals surface area contributed by atoms with Crippen molar-refractivity contribution < 1.29 is 9.18 Å². The van der Waals surface area contributed by atoms with E-state index in [1.54, 1.807) is 0 Å². The number of nitrogens with zero attached hydrogens (tertiary/aromatic N) is 1. The van der Waals surface area contributed by atoms with Gasteiger partial charge in [0.15, 0.2) is 0 Å². The molecule has 1 fully saturated rings. The summed E-state index contributed by atoms with van der Waals surface area (Å²) in [4.78, 5) is 14.6. The van der Waals surface area contributed by atoms with Crippen LogP contribution in [0.2, 0.25) is 0 Å². The molecular formula is C16H22BrFN2O. The number of halogens is 2. The molecule has 1 saturated heterocycles. The molecule has 116 valence electrons. The zero-order valence-electron chi connectivity index (χ0n) is 12.5. The van der Waals surface area contributed by atoms with Gasteiger partial charge in [0.05, 0.1) is 4.47 Å². The Kier molecular flexibility index (Phi) is 5.76. The van der Waals surface area contributed by atoms with Gasteiger partial charge in [-0.25, -0.2) is 4.39 Å². The van der Waals surface area contributed by atoms with Crippen molar-refractivity contribution in [1.82, 2.24) is 10.2 Å². The van der Waals surface area contributed by atoms with Crippen molar-refractivity contribution in [2.75, 3.05) is 19.6 Å². The van der Waals surface area contributed by atoms with E-state index >= 15 is 0 Å². The van der Waals surface area contributed by atoms with E-state index in [1.807, 2.05) is 0 Å². The summed E-state index contributed by atoms with van der Waals surface area (Å²) in [7, 11) is 0. The van der Waals surface area contributed by atoms with E-state index in [2.05, 4.69) is 40.0 Å². The van der Waals surface area contributed by atoms with Crippen molar-refractivity contribution in [2.45, 2.75) is 32.7 Å². The first kappa shape index (κ1) is 16.4. The lowest BCUT2D eigenvalue weighted by Gasteiger charge is -2.31. The number of likely N-dealkylation sites (tertiary alicyclic amines) is 1. The SMILES string of the molecule is CC(C)C(CNC(=O)c1ccc(F)c(Br)c1)N1CCCC1. The van der Waals surface area contributed by atoms with Crippen molar-refractivity contribution in [3.63, 3.8) is 0 Å². The van der Waals surface area contributed by atoms with E-state index in [0.29, 0.717) is 28.5 Å². The molecule has 3 nitrogen and oxygen atoms in total. The van der Waals surface area contributed by atoms with Crippen LogP contribution in [0.5, 0.6) is 0 Å². The molecule has 1 N–H and O–H groups in total. The minimum atomic E-state index is -0.358. The number of carbonyl (C=O) groups is 1. The molecule has 0 bridgehead atoms. The predicted octanol–water partition coefficient (Wildman–Crippen LogP) is 3.44. The second kappa shape index (κ2) is 7.36. The minimum absolute atomic E-state index is 0.152. The van der Waals surface area contributed by atoms with Gasteiger partial charge in [-0.1, -0.05) is 13.8 Å². The molecule has 1 atom stereocenters. The molecule has 0 spiro atoms. The molecule has 21 heavy (non-hydrogen) atoms. The Hall–Kier alpha value is -0.940. The third-order valence-electron chi connectivity index (χ3n) is 4.03. The van der Waals surface area contributed by atoms with Gasteiger partial charge in [0, 0.05) is 18.2 Å². The minimum Gasteiger partial charge on any atom is -0.350 e. The summed E-state index contributed by atoms with van der Waals surface area (Å²) in [6.07, 6.45) is 2.48. The highest BCUT2D eigenvalue weighted by molar-refractivity contribution is 9.10. The van der Waals surface area contributed by atoms with Crippen LogP contribution in [0.15, 0.2) is 22.7 Å². The van der Waals surface area contributed by atoms with Crippen LogP contribution in [0.1, 0.15) is 37.0 Å². The second-order valence-electron chi connectivity index (χ2n) is 5.89. The average Bonchev–Trinajstić information content (AvgIpc) is 2.95. The van der Waals surface area contributed by atoms with Crippen molar-refractivity contribution in [2.24, 2.45) is 5.92 Å². The normalized spacial score (nSPS) is 17.2. The van der Waals surface area contributed by atoms with Crippen LogP contribution in [0.4, 0.5) is 4.39 Å². The molecule has 1 aromatic carbocycles. The van der Waals surface area contributed by atoms with Crippen molar-refractivity contribution in [3.05, 3.63) is 34.1 Å². The molecule has 2 rings (SSSR count). The fourth-order valence-corrected chi connectivity index (χ4v) is 3.18. The fraction of sp³-hybridized carbons (Fsp3) is 0.562. The Morgan fingerprint density at radius 2 is 2.05 bits per heavy atom. The zero-order chi connectivity index (χ0) is 15.4. The highest BCUT2D eigenvalue weighted by atomic mass is 79.9. The number of amides is 1. The number of hydrogen-bond acceptors (Lipinski definition) is 2. The van der Waals surface area contributed by atoms with E-state index < -0.39 is 0 Å². The molecule has 1 aromatic rings. The molecule has 0 aliphatic carbocycles. The molecule has 5 heteroatoms. The van der Waals surface area contributed by atoms with E-state index in [1.165, 1.54) is 31.0 Å². The van der Waals surface area contributed by atoms with Gasteiger partial charge >= 0.3 is 0 Å². The fourth-order valence-electron chi connectivity index (χ4n) is 2.80. The second-order valence-corrected chi connectivity index (χ2v) is 6.75. The molecule has 1 amide bonds. The number of rotatable bonds is 5. The van der Waals surface area contributed by atoms with Gasteiger partial charge in [0.1, 0.15) is 5.82 Å². The molecule has 0 radical (unpaired) electrons. The van der Waals surface area contributed by atoms with Gasteiger partial charge in [-0.05, 0) is 66.0 Å². The van der Waals surface area contributed by atoms with Gasteiger partial charge in [0.2, 0.25) is 0 Å². The molecule has 0 saturated carbocycles. The number of benzene rings is 1. The standard InChI is InChI=1S/C16H22BrFN2O/c1-11(2)15(20-7-3-4-8-20)10-19-16(21)12-5-6-14(18)13(17)9-12/h5-6,9,11,15H,3-4,7-8,10H2,1-2H3,(H,19,21). The first-order chi connectivity index (χ1) is 9.99. The van der Waals surface area contributed by atoms with Crippen LogP contribution in [-0.4, -0.2) is 36.5 Å². The largest absolute Gasteiger partial charge is 0.350 e. The summed E-state index contributed by atoms with van der Waals surface area (Å²) in [5.74, 6) is -0.0208. The van der Waals surface area contributed by atoms with Crippen LogP contribution < -0.4 is 5.32 Å². The lowest BCUT2D eigenvalue weighted by Crippen LogP contribution is -2.45. The molecule has 1 unspecified atom stereocenters. The van der Waals surface area contributed by atoms with E-state index in [-0.39, 0.29) is 11.7 Å². The van der Waals surface area contributed by atoms with E-state index in [0.717, 1.165) is 13.1 Å². The summed E-state index contributed by atoms with van der Waals surface area (Å²) in [6.45, 7) is 7.22. The Labute approximate surface area is 134 Å². The maximum atomic E-state index is 13.2. The monoisotopic (exact) mass is 356 g/mol. The summed E-state index contributed by atoms with van der Waals surface area (Å²) in [5.41, 5.74) is 0.479. The maximum absolute atomic E-state index is 13.2. The summed E-state index contributed by atoms with van der Waals surface area (Å²) in [5, 5.41) is 2.98. The quantitative estimate of drug-likeness (QED) is 0.876. The highest BCUT2D eigenvalue weighted by Crippen LogP contribution is 2.18. The molecule has 1 aliphatic heterocycles. The Balaban J connectivity index is 1.96. The van der Waals surface area contributed by atoms with Gasteiger partial charge in [-0.3, -0.25) is 9.69 Å². The van der Waals surface area contributed by atoms with Gasteiger partial charge < -0.3 is 5.32 Å². The van der Waals surface area contributed by atoms with Crippen molar-refractivity contribution in [1.29, 1.82) is 0 Å². The number of carbonyl (C=O) groups excluding carboxylic acids is 1. The van der Waals surface area contributed by atoms with Crippen LogP contribution in [0.3, 0.4) is 0 Å². The summed E-state index contributed by atoms with van der Waals surface area (Å²) < 4.78 is 13.5. The van der Waals surface area contributed by atoms with E-state index in [9.17, 15) is 9.18 Å². The average molecular weight is 357 g/mol. The van der Waals surface area contributed by atoms with Crippen LogP contribution in [0.25, 0.3) is 0 Å². The smallest absolute Gasteiger partial charge is 0.251 e. The summed E-state index contributed by atoms with van der Waals surface area (Å²) in [6, 6.07) is 4.69. The van der Waals surface area contributed by atoms with Gasteiger partial charge in [0.25, 0.3) is 5.91 Å². The van der Waals surface area contributed by atoms with Crippen LogP contribution in [-0.2, 0) is 0 Å². The van der Waals surface area contributed by atoms with Crippen molar-refractivity contribution >= 4 is 21.8 Å². The van der Waals surface area contributed by atoms with Gasteiger partial charge in [-0.15, -0.1) is 0 Å². The first-order valence-electron chi connectivity index (χ1n) is 7.46. The Bertz CT molecular complexity index is 501.